The minimum absolute atomic E-state index is 0.0245. The van der Waals surface area contributed by atoms with Crippen LogP contribution in [0.2, 0.25) is 0 Å². The third-order valence-corrected chi connectivity index (χ3v) is 5.01. The van der Waals surface area contributed by atoms with E-state index in [0.29, 0.717) is 12.1 Å². The summed E-state index contributed by atoms with van der Waals surface area (Å²) in [5.74, 6) is 0. The normalized spacial score (nSPS) is 22.2. The summed E-state index contributed by atoms with van der Waals surface area (Å²) >= 11 is 0. The maximum atomic E-state index is 12.0. The van der Waals surface area contributed by atoms with Gasteiger partial charge in [0.25, 0.3) is 5.56 Å². The molecule has 1 aromatic heterocycles. The third-order valence-electron chi connectivity index (χ3n) is 5.01. The quantitative estimate of drug-likeness (QED) is 0.783. The zero-order chi connectivity index (χ0) is 15.7. The van der Waals surface area contributed by atoms with Crippen LogP contribution in [0.1, 0.15) is 19.4 Å². The van der Waals surface area contributed by atoms with E-state index in [4.69, 9.17) is 0 Å². The maximum absolute atomic E-state index is 12.0. The lowest BCUT2D eigenvalue weighted by Crippen LogP contribution is -2.63. The minimum Gasteiger partial charge on any atom is -0.298 e. The molecule has 2 fully saturated rings. The maximum Gasteiger partial charge on any atom is 0.270 e. The number of rotatable bonds is 4. The van der Waals surface area contributed by atoms with Crippen LogP contribution in [0.15, 0.2) is 17.1 Å². The standard InChI is InChI=1S/C16H27N5O/c1-13(2)20-6-8-21(9-7-20)15-11-19(12-15)10-14-4-5-17-18(3)16(14)22/h4-5,13,15H,6-12H2,1-3H3. The molecule has 3 rings (SSSR count). The van der Waals surface area contributed by atoms with Crippen LogP contribution in [0, 0.1) is 0 Å². The Morgan fingerprint density at radius 1 is 1.23 bits per heavy atom. The van der Waals surface area contributed by atoms with Crippen LogP contribution in [0.25, 0.3) is 0 Å². The Morgan fingerprint density at radius 3 is 2.55 bits per heavy atom. The minimum atomic E-state index is 0.0245. The number of aryl methyl sites for hydroxylation is 1. The molecule has 3 heterocycles. The van der Waals surface area contributed by atoms with E-state index in [2.05, 4.69) is 33.6 Å². The Labute approximate surface area is 132 Å². The van der Waals surface area contributed by atoms with Crippen molar-refractivity contribution in [2.24, 2.45) is 7.05 Å². The molecular formula is C16H27N5O. The Hall–Kier alpha value is -1.24. The molecular weight excluding hydrogens is 278 g/mol. The molecule has 1 aromatic rings. The zero-order valence-corrected chi connectivity index (χ0v) is 13.9. The van der Waals surface area contributed by atoms with Crippen molar-refractivity contribution in [3.8, 4) is 0 Å². The molecule has 0 unspecified atom stereocenters. The van der Waals surface area contributed by atoms with Gasteiger partial charge in [-0.25, -0.2) is 4.68 Å². The van der Waals surface area contributed by atoms with E-state index in [-0.39, 0.29) is 5.56 Å². The van der Waals surface area contributed by atoms with Crippen LogP contribution in [-0.4, -0.2) is 75.8 Å². The van der Waals surface area contributed by atoms with Gasteiger partial charge < -0.3 is 0 Å². The Kier molecular flexibility index (Phi) is 4.61. The van der Waals surface area contributed by atoms with Crippen LogP contribution in [0.5, 0.6) is 0 Å². The number of likely N-dealkylation sites (tertiary alicyclic amines) is 1. The summed E-state index contributed by atoms with van der Waals surface area (Å²) in [7, 11) is 1.71. The molecule has 0 amide bonds. The Bertz CT molecular complexity index is 556. The average molecular weight is 305 g/mol. The highest BCUT2D eigenvalue weighted by Gasteiger charge is 2.33. The van der Waals surface area contributed by atoms with Gasteiger partial charge in [0.1, 0.15) is 0 Å². The molecule has 0 aromatic carbocycles. The number of hydrogen-bond donors (Lipinski definition) is 0. The summed E-state index contributed by atoms with van der Waals surface area (Å²) < 4.78 is 1.41. The van der Waals surface area contributed by atoms with Crippen LogP contribution in [0.3, 0.4) is 0 Å². The first-order valence-electron chi connectivity index (χ1n) is 8.26. The van der Waals surface area contributed by atoms with E-state index in [1.165, 1.54) is 30.9 Å². The molecule has 0 bridgehead atoms. The van der Waals surface area contributed by atoms with Crippen LogP contribution < -0.4 is 5.56 Å². The van der Waals surface area contributed by atoms with E-state index in [0.717, 1.165) is 25.2 Å². The smallest absolute Gasteiger partial charge is 0.270 e. The summed E-state index contributed by atoms with van der Waals surface area (Å²) in [5, 5.41) is 3.97. The molecule has 2 aliphatic rings. The molecule has 0 N–H and O–H groups in total. The third kappa shape index (κ3) is 3.24. The number of nitrogens with zero attached hydrogens (tertiary/aromatic N) is 5. The first-order chi connectivity index (χ1) is 10.5. The second-order valence-corrected chi connectivity index (χ2v) is 6.80. The first-order valence-corrected chi connectivity index (χ1v) is 8.26. The molecule has 0 spiro atoms. The summed E-state index contributed by atoms with van der Waals surface area (Å²) in [6, 6.07) is 3.17. The summed E-state index contributed by atoms with van der Waals surface area (Å²) in [6.45, 7) is 12.2. The molecule has 6 nitrogen and oxygen atoms in total. The molecule has 22 heavy (non-hydrogen) atoms. The van der Waals surface area contributed by atoms with E-state index in [1.54, 1.807) is 13.2 Å². The number of piperazine rings is 1. The monoisotopic (exact) mass is 305 g/mol. The fourth-order valence-corrected chi connectivity index (χ4v) is 3.44. The summed E-state index contributed by atoms with van der Waals surface area (Å²) in [6.07, 6.45) is 1.71. The number of aromatic nitrogens is 2. The molecule has 122 valence electrons. The summed E-state index contributed by atoms with van der Waals surface area (Å²) in [4.78, 5) is 19.5. The van der Waals surface area contributed by atoms with Crippen LogP contribution in [0.4, 0.5) is 0 Å². The Morgan fingerprint density at radius 2 is 1.91 bits per heavy atom. The van der Waals surface area contributed by atoms with Gasteiger partial charge in [0.15, 0.2) is 0 Å². The second kappa shape index (κ2) is 6.48. The molecule has 2 aliphatic heterocycles. The molecule has 0 atom stereocenters. The topological polar surface area (TPSA) is 44.6 Å². The van der Waals surface area contributed by atoms with Gasteiger partial charge >= 0.3 is 0 Å². The van der Waals surface area contributed by atoms with E-state index in [9.17, 15) is 4.79 Å². The van der Waals surface area contributed by atoms with Crippen molar-refractivity contribution in [3.63, 3.8) is 0 Å². The molecule has 6 heteroatoms. The predicted molar refractivity (Wildman–Crippen MR) is 86.8 cm³/mol. The molecule has 0 radical (unpaired) electrons. The van der Waals surface area contributed by atoms with Gasteiger partial charge in [-0.05, 0) is 19.9 Å². The lowest BCUT2D eigenvalue weighted by Gasteiger charge is -2.48. The predicted octanol–water partition coefficient (Wildman–Crippen LogP) is -0.00950. The van der Waals surface area contributed by atoms with Gasteiger partial charge in [-0.3, -0.25) is 19.5 Å². The first kappa shape index (κ1) is 15.6. The fourth-order valence-electron chi connectivity index (χ4n) is 3.44. The van der Waals surface area contributed by atoms with Crippen molar-refractivity contribution in [1.82, 2.24) is 24.5 Å². The van der Waals surface area contributed by atoms with Crippen molar-refractivity contribution in [2.45, 2.75) is 32.5 Å². The van der Waals surface area contributed by atoms with Gasteiger partial charge in [-0.2, -0.15) is 5.10 Å². The van der Waals surface area contributed by atoms with Gasteiger partial charge in [-0.15, -0.1) is 0 Å². The average Bonchev–Trinajstić information content (AvgIpc) is 2.47. The van der Waals surface area contributed by atoms with Gasteiger partial charge in [-0.1, -0.05) is 0 Å². The lowest BCUT2D eigenvalue weighted by atomic mass is 10.0. The summed E-state index contributed by atoms with van der Waals surface area (Å²) in [5.41, 5.74) is 0.872. The molecule has 2 saturated heterocycles. The molecule has 0 aliphatic carbocycles. The Balaban J connectivity index is 1.47. The van der Waals surface area contributed by atoms with Gasteiger partial charge in [0.2, 0.25) is 0 Å². The lowest BCUT2D eigenvalue weighted by molar-refractivity contribution is -0.00434. The van der Waals surface area contributed by atoms with Gasteiger partial charge in [0.05, 0.1) is 0 Å². The van der Waals surface area contributed by atoms with Crippen molar-refractivity contribution >= 4 is 0 Å². The van der Waals surface area contributed by atoms with E-state index in [1.807, 2.05) is 6.07 Å². The van der Waals surface area contributed by atoms with E-state index >= 15 is 0 Å². The second-order valence-electron chi connectivity index (χ2n) is 6.80. The van der Waals surface area contributed by atoms with Crippen LogP contribution in [-0.2, 0) is 13.6 Å². The van der Waals surface area contributed by atoms with Crippen molar-refractivity contribution < 1.29 is 0 Å². The van der Waals surface area contributed by atoms with Crippen molar-refractivity contribution in [1.29, 1.82) is 0 Å². The zero-order valence-electron chi connectivity index (χ0n) is 13.9. The van der Waals surface area contributed by atoms with E-state index < -0.39 is 0 Å². The van der Waals surface area contributed by atoms with Crippen molar-refractivity contribution in [3.05, 3.63) is 28.2 Å². The van der Waals surface area contributed by atoms with Crippen molar-refractivity contribution in [2.75, 3.05) is 39.3 Å². The largest absolute Gasteiger partial charge is 0.298 e. The highest BCUT2D eigenvalue weighted by atomic mass is 16.1. The highest BCUT2D eigenvalue weighted by Crippen LogP contribution is 2.19. The SMILES string of the molecule is CC(C)N1CCN(C2CN(Cc3ccnn(C)c3=O)C2)CC1. The highest BCUT2D eigenvalue weighted by molar-refractivity contribution is 5.08. The number of hydrogen-bond acceptors (Lipinski definition) is 5. The van der Waals surface area contributed by atoms with Gasteiger partial charge in [0, 0.05) is 76.7 Å². The fraction of sp³-hybridized carbons (Fsp3) is 0.750. The van der Waals surface area contributed by atoms with Crippen LogP contribution >= 0.6 is 0 Å². The molecule has 0 saturated carbocycles.